The molecule has 14 nitrogen and oxygen atoms in total. The number of hydrogen-bond acceptors (Lipinski definition) is 10. The average Bonchev–Trinajstić information content (AvgIpc) is 2.80. The van der Waals surface area contributed by atoms with Gasteiger partial charge in [0.1, 0.15) is 6.04 Å². The Bertz CT molecular complexity index is 1280. The van der Waals surface area contributed by atoms with Crippen molar-refractivity contribution in [3.8, 4) is 0 Å². The smallest absolute Gasteiger partial charge is 0.332 e. The predicted octanol–water partition coefficient (Wildman–Crippen LogP) is -0.420. The minimum absolute atomic E-state index is 0.0483. The van der Waals surface area contributed by atoms with Crippen LogP contribution in [0.1, 0.15) is 22.5 Å². The Balaban J connectivity index is 1.63. The standard InChI is InChI=1S/C20H21N7O7/c1-34-13(19(32)33)6-12(18(30)31)25-16(28)9-2-4-10(5-3-9)22-7-11-8-23-15-14(24-11)17(29)27-20(21)26-15/h2-5,8,12-13,22H,6-7H2,1H3,(H,25,28)(H,30,31)(H,32,33)(H3,21,23,26,27,29). The van der Waals surface area contributed by atoms with Gasteiger partial charge in [-0.15, -0.1) is 0 Å². The molecule has 0 bridgehead atoms. The van der Waals surface area contributed by atoms with E-state index in [1.54, 1.807) is 12.1 Å². The molecule has 34 heavy (non-hydrogen) atoms. The number of H-pyrrole nitrogens is 1. The van der Waals surface area contributed by atoms with E-state index in [1.807, 2.05) is 0 Å². The van der Waals surface area contributed by atoms with E-state index in [2.05, 4.69) is 30.6 Å². The molecule has 0 saturated carbocycles. The van der Waals surface area contributed by atoms with Gasteiger partial charge in [0.15, 0.2) is 17.3 Å². The first kappa shape index (κ1) is 24.1. The van der Waals surface area contributed by atoms with Gasteiger partial charge in [-0.3, -0.25) is 14.6 Å². The number of aliphatic carboxylic acids is 2. The third-order valence-electron chi connectivity index (χ3n) is 4.72. The molecule has 0 aliphatic rings. The van der Waals surface area contributed by atoms with Crippen LogP contribution in [0.5, 0.6) is 0 Å². The highest BCUT2D eigenvalue weighted by Crippen LogP contribution is 2.12. The van der Waals surface area contributed by atoms with Crippen molar-refractivity contribution in [1.29, 1.82) is 0 Å². The number of carboxylic acid groups (broad SMARTS) is 2. The largest absolute Gasteiger partial charge is 0.480 e. The number of carbonyl (C=O) groups excluding carboxylic acids is 1. The Labute approximate surface area is 191 Å². The summed E-state index contributed by atoms with van der Waals surface area (Å²) in [6.45, 7) is 0.215. The summed E-state index contributed by atoms with van der Waals surface area (Å²) in [7, 11) is 1.14. The third-order valence-corrected chi connectivity index (χ3v) is 4.72. The van der Waals surface area contributed by atoms with Crippen molar-refractivity contribution in [2.24, 2.45) is 0 Å². The number of nitrogens with two attached hydrogens (primary N) is 1. The van der Waals surface area contributed by atoms with Crippen molar-refractivity contribution in [3.05, 3.63) is 52.1 Å². The number of nitrogens with one attached hydrogen (secondary N) is 3. The summed E-state index contributed by atoms with van der Waals surface area (Å²) in [5, 5.41) is 23.7. The van der Waals surface area contributed by atoms with E-state index in [0.29, 0.717) is 11.4 Å². The number of hydrogen-bond donors (Lipinski definition) is 6. The minimum Gasteiger partial charge on any atom is -0.480 e. The summed E-state index contributed by atoms with van der Waals surface area (Å²) in [5.74, 6) is -3.47. The first-order valence-electron chi connectivity index (χ1n) is 9.82. The van der Waals surface area contributed by atoms with Gasteiger partial charge in [0, 0.05) is 24.8 Å². The van der Waals surface area contributed by atoms with E-state index in [1.165, 1.54) is 18.3 Å². The van der Waals surface area contributed by atoms with Gasteiger partial charge in [-0.05, 0) is 24.3 Å². The molecule has 0 radical (unpaired) electrons. The zero-order valence-electron chi connectivity index (χ0n) is 17.8. The summed E-state index contributed by atoms with van der Waals surface area (Å²) >= 11 is 0. The number of fused-ring (bicyclic) bond motifs is 1. The van der Waals surface area contributed by atoms with E-state index in [-0.39, 0.29) is 29.2 Å². The van der Waals surface area contributed by atoms with Crippen LogP contribution in [0, 0.1) is 0 Å². The van der Waals surface area contributed by atoms with Gasteiger partial charge in [-0.2, -0.15) is 4.98 Å². The highest BCUT2D eigenvalue weighted by Gasteiger charge is 2.28. The normalized spacial score (nSPS) is 12.6. The van der Waals surface area contributed by atoms with E-state index < -0.39 is 42.0 Å². The van der Waals surface area contributed by atoms with Gasteiger partial charge in [-0.1, -0.05) is 0 Å². The van der Waals surface area contributed by atoms with Crippen LogP contribution in [0.2, 0.25) is 0 Å². The molecule has 2 unspecified atom stereocenters. The Morgan fingerprint density at radius 1 is 1.15 bits per heavy atom. The molecule has 3 rings (SSSR count). The van der Waals surface area contributed by atoms with E-state index in [0.717, 1.165) is 7.11 Å². The van der Waals surface area contributed by atoms with Crippen LogP contribution in [0.25, 0.3) is 11.2 Å². The molecule has 0 saturated heterocycles. The molecule has 2 heterocycles. The van der Waals surface area contributed by atoms with E-state index >= 15 is 0 Å². The lowest BCUT2D eigenvalue weighted by Gasteiger charge is -2.18. The minimum atomic E-state index is -1.45. The molecular weight excluding hydrogens is 450 g/mol. The number of anilines is 2. The number of rotatable bonds is 10. The van der Waals surface area contributed by atoms with E-state index in [4.69, 9.17) is 15.6 Å². The average molecular weight is 471 g/mol. The predicted molar refractivity (Wildman–Crippen MR) is 118 cm³/mol. The SMILES string of the molecule is COC(CC(NC(=O)c1ccc(NCc2cnc3nc(N)[nH]c(=O)c3n2)cc1)C(=O)O)C(=O)O. The molecule has 0 spiro atoms. The monoisotopic (exact) mass is 471 g/mol. The molecule has 14 heteroatoms. The maximum Gasteiger partial charge on any atom is 0.332 e. The fourth-order valence-corrected chi connectivity index (χ4v) is 2.96. The summed E-state index contributed by atoms with van der Waals surface area (Å²) in [6, 6.07) is 4.65. The third kappa shape index (κ3) is 5.80. The van der Waals surface area contributed by atoms with Crippen molar-refractivity contribution in [1.82, 2.24) is 25.3 Å². The fraction of sp³-hybridized carbons (Fsp3) is 0.250. The summed E-state index contributed by atoms with van der Waals surface area (Å²) in [4.78, 5) is 61.4. The second-order valence-corrected chi connectivity index (χ2v) is 7.08. The Morgan fingerprint density at radius 3 is 2.47 bits per heavy atom. The number of nitrogens with zero attached hydrogens (tertiary/aromatic N) is 3. The second kappa shape index (κ2) is 10.4. The zero-order chi connectivity index (χ0) is 24.8. The van der Waals surface area contributed by atoms with Crippen LogP contribution in [-0.2, 0) is 20.9 Å². The molecule has 2 atom stereocenters. The molecule has 2 aromatic heterocycles. The molecule has 178 valence electrons. The van der Waals surface area contributed by atoms with Crippen LogP contribution in [0.4, 0.5) is 11.6 Å². The number of benzene rings is 1. The molecule has 0 aliphatic carbocycles. The van der Waals surface area contributed by atoms with Crippen molar-refractivity contribution in [2.45, 2.75) is 25.1 Å². The summed E-state index contributed by atoms with van der Waals surface area (Å²) in [6.07, 6.45) is -0.376. The van der Waals surface area contributed by atoms with Crippen LogP contribution in [-0.4, -0.2) is 67.3 Å². The molecule has 7 N–H and O–H groups in total. The van der Waals surface area contributed by atoms with Crippen molar-refractivity contribution < 1.29 is 29.3 Å². The summed E-state index contributed by atoms with van der Waals surface area (Å²) in [5.41, 5.74) is 6.39. The first-order valence-corrected chi connectivity index (χ1v) is 9.82. The number of nitrogen functional groups attached to an aromatic ring is 1. The highest BCUT2D eigenvalue weighted by molar-refractivity contribution is 5.97. The van der Waals surface area contributed by atoms with Crippen LogP contribution >= 0.6 is 0 Å². The lowest BCUT2D eigenvalue weighted by atomic mass is 10.1. The number of carbonyl (C=O) groups is 3. The topological polar surface area (TPSA) is 223 Å². The van der Waals surface area contributed by atoms with E-state index in [9.17, 15) is 24.3 Å². The molecule has 0 fully saturated rings. The summed E-state index contributed by atoms with van der Waals surface area (Å²) < 4.78 is 4.73. The molecule has 0 aliphatic heterocycles. The van der Waals surface area contributed by atoms with Crippen LogP contribution in [0.15, 0.2) is 35.3 Å². The quantitative estimate of drug-likeness (QED) is 0.222. The zero-order valence-corrected chi connectivity index (χ0v) is 17.8. The number of ether oxygens (including phenoxy) is 1. The van der Waals surface area contributed by atoms with Crippen LogP contribution in [0.3, 0.4) is 0 Å². The Kier molecular flexibility index (Phi) is 7.33. The number of carboxylic acids is 2. The maximum absolute atomic E-state index is 12.4. The van der Waals surface area contributed by atoms with Gasteiger partial charge in [0.25, 0.3) is 11.5 Å². The number of aromatic nitrogens is 4. The van der Waals surface area contributed by atoms with Gasteiger partial charge in [0.2, 0.25) is 5.95 Å². The van der Waals surface area contributed by atoms with Crippen molar-refractivity contribution in [3.63, 3.8) is 0 Å². The molecule has 1 aromatic carbocycles. The van der Waals surface area contributed by atoms with Gasteiger partial charge in [-0.25, -0.2) is 19.6 Å². The molecular formula is C20H21N7O7. The second-order valence-electron chi connectivity index (χ2n) is 7.08. The fourth-order valence-electron chi connectivity index (χ4n) is 2.96. The van der Waals surface area contributed by atoms with Gasteiger partial charge < -0.3 is 31.3 Å². The van der Waals surface area contributed by atoms with Gasteiger partial charge in [0.05, 0.1) is 18.4 Å². The lowest BCUT2D eigenvalue weighted by Crippen LogP contribution is -2.44. The highest BCUT2D eigenvalue weighted by atomic mass is 16.5. The first-order chi connectivity index (χ1) is 16.2. The Morgan fingerprint density at radius 2 is 1.85 bits per heavy atom. The lowest BCUT2D eigenvalue weighted by molar-refractivity contribution is -0.150. The van der Waals surface area contributed by atoms with Crippen molar-refractivity contribution in [2.75, 3.05) is 18.2 Å². The van der Waals surface area contributed by atoms with Gasteiger partial charge >= 0.3 is 11.9 Å². The number of methoxy groups -OCH3 is 1. The maximum atomic E-state index is 12.4. The number of aromatic amines is 1. The molecule has 1 amide bonds. The van der Waals surface area contributed by atoms with Crippen LogP contribution < -0.4 is 21.9 Å². The number of amides is 1. The Hall–Kier alpha value is -4.59. The van der Waals surface area contributed by atoms with Crippen molar-refractivity contribution >= 4 is 40.6 Å². The molecule has 3 aromatic rings.